The minimum absolute atomic E-state index is 0.0223. The fraction of sp³-hybridized carbons (Fsp3) is 0.900. The Morgan fingerprint density at radius 3 is 2.57 bits per heavy atom. The molecule has 4 heteroatoms. The van der Waals surface area contributed by atoms with E-state index in [1.807, 2.05) is 20.8 Å². The predicted octanol–water partition coefficient (Wildman–Crippen LogP) is 1.89. The molecule has 0 saturated carbocycles. The van der Waals surface area contributed by atoms with Crippen LogP contribution in [0.4, 0.5) is 0 Å². The van der Waals surface area contributed by atoms with Gasteiger partial charge in [-0.2, -0.15) is 0 Å². The fourth-order valence-electron chi connectivity index (χ4n) is 1.15. The zero-order chi connectivity index (χ0) is 11.0. The van der Waals surface area contributed by atoms with Crippen molar-refractivity contribution in [3.05, 3.63) is 0 Å². The summed E-state index contributed by atoms with van der Waals surface area (Å²) >= 11 is 5.61. The standard InChI is InChI=1S/C10H20ClNO2/c1-4-7-14-8-10(13)12(6-5-11)9(2)3/h9H,4-8H2,1-3H3. The molecule has 0 atom stereocenters. The third kappa shape index (κ3) is 5.45. The van der Waals surface area contributed by atoms with Crippen molar-refractivity contribution in [2.24, 2.45) is 0 Å². The molecule has 14 heavy (non-hydrogen) atoms. The van der Waals surface area contributed by atoms with Crippen LogP contribution < -0.4 is 0 Å². The maximum absolute atomic E-state index is 11.6. The zero-order valence-corrected chi connectivity index (χ0v) is 10.0. The van der Waals surface area contributed by atoms with Crippen LogP contribution in [0, 0.1) is 0 Å². The molecule has 0 N–H and O–H groups in total. The van der Waals surface area contributed by atoms with Crippen LogP contribution in [0.25, 0.3) is 0 Å². The van der Waals surface area contributed by atoms with Crippen LogP contribution in [0.5, 0.6) is 0 Å². The molecule has 84 valence electrons. The van der Waals surface area contributed by atoms with E-state index in [1.165, 1.54) is 0 Å². The van der Waals surface area contributed by atoms with Crippen LogP contribution in [0.15, 0.2) is 0 Å². The summed E-state index contributed by atoms with van der Waals surface area (Å²) in [5, 5.41) is 0. The van der Waals surface area contributed by atoms with E-state index in [0.29, 0.717) is 19.0 Å². The average Bonchev–Trinajstić information content (AvgIpc) is 2.13. The van der Waals surface area contributed by atoms with Gasteiger partial charge in [0.2, 0.25) is 5.91 Å². The number of hydrogen-bond acceptors (Lipinski definition) is 2. The number of ether oxygens (including phenoxy) is 1. The lowest BCUT2D eigenvalue weighted by atomic mass is 10.3. The summed E-state index contributed by atoms with van der Waals surface area (Å²) in [4.78, 5) is 13.3. The van der Waals surface area contributed by atoms with Gasteiger partial charge in [0.05, 0.1) is 0 Å². The van der Waals surface area contributed by atoms with Gasteiger partial charge in [0.15, 0.2) is 0 Å². The maximum atomic E-state index is 11.6. The van der Waals surface area contributed by atoms with Gasteiger partial charge in [-0.15, -0.1) is 11.6 Å². The number of carbonyl (C=O) groups excluding carboxylic acids is 1. The third-order valence-corrected chi connectivity index (χ3v) is 2.01. The SMILES string of the molecule is CCCOCC(=O)N(CCCl)C(C)C. The molecule has 0 rings (SSSR count). The number of hydrogen-bond donors (Lipinski definition) is 0. The second-order valence-electron chi connectivity index (χ2n) is 3.42. The second kappa shape index (κ2) is 8.06. The largest absolute Gasteiger partial charge is 0.372 e. The molecule has 0 saturated heterocycles. The average molecular weight is 222 g/mol. The van der Waals surface area contributed by atoms with E-state index in [0.717, 1.165) is 6.42 Å². The second-order valence-corrected chi connectivity index (χ2v) is 3.80. The monoisotopic (exact) mass is 221 g/mol. The van der Waals surface area contributed by atoms with E-state index in [4.69, 9.17) is 16.3 Å². The van der Waals surface area contributed by atoms with Crippen molar-refractivity contribution >= 4 is 17.5 Å². The van der Waals surface area contributed by atoms with Crippen molar-refractivity contribution in [3.8, 4) is 0 Å². The van der Waals surface area contributed by atoms with Crippen molar-refractivity contribution in [2.45, 2.75) is 33.2 Å². The molecule has 0 aliphatic carbocycles. The van der Waals surface area contributed by atoms with E-state index in [-0.39, 0.29) is 18.6 Å². The van der Waals surface area contributed by atoms with Gasteiger partial charge in [0, 0.05) is 25.1 Å². The van der Waals surface area contributed by atoms with Crippen LogP contribution >= 0.6 is 11.6 Å². The molecule has 0 aromatic rings. The van der Waals surface area contributed by atoms with Crippen molar-refractivity contribution in [2.75, 3.05) is 25.6 Å². The molecule has 0 radical (unpaired) electrons. The number of carbonyl (C=O) groups is 1. The van der Waals surface area contributed by atoms with Gasteiger partial charge in [0.1, 0.15) is 6.61 Å². The molecule has 0 aromatic heterocycles. The molecule has 0 bridgehead atoms. The van der Waals surface area contributed by atoms with Crippen LogP contribution in [-0.4, -0.2) is 42.5 Å². The molecule has 0 spiro atoms. The third-order valence-electron chi connectivity index (χ3n) is 1.84. The first-order valence-electron chi connectivity index (χ1n) is 5.06. The Balaban J connectivity index is 3.89. The number of amides is 1. The highest BCUT2D eigenvalue weighted by atomic mass is 35.5. The van der Waals surface area contributed by atoms with E-state index >= 15 is 0 Å². The Hall–Kier alpha value is -0.280. The minimum atomic E-state index is 0.0223. The van der Waals surface area contributed by atoms with Crippen molar-refractivity contribution in [3.63, 3.8) is 0 Å². The van der Waals surface area contributed by atoms with Gasteiger partial charge in [-0.3, -0.25) is 4.79 Å². The van der Waals surface area contributed by atoms with Gasteiger partial charge in [0.25, 0.3) is 0 Å². The highest BCUT2D eigenvalue weighted by Crippen LogP contribution is 2.00. The van der Waals surface area contributed by atoms with Gasteiger partial charge in [-0.25, -0.2) is 0 Å². The molecule has 0 aromatic carbocycles. The number of alkyl halides is 1. The van der Waals surface area contributed by atoms with Gasteiger partial charge >= 0.3 is 0 Å². The van der Waals surface area contributed by atoms with Crippen LogP contribution in [0.2, 0.25) is 0 Å². The van der Waals surface area contributed by atoms with E-state index in [9.17, 15) is 4.79 Å². The molecule has 0 heterocycles. The van der Waals surface area contributed by atoms with Crippen LogP contribution in [0.1, 0.15) is 27.2 Å². The lowest BCUT2D eigenvalue weighted by molar-refractivity contribution is -0.137. The molecule has 3 nitrogen and oxygen atoms in total. The minimum Gasteiger partial charge on any atom is -0.372 e. The molecule has 0 unspecified atom stereocenters. The molecule has 0 fully saturated rings. The normalized spacial score (nSPS) is 10.6. The Morgan fingerprint density at radius 2 is 2.14 bits per heavy atom. The summed E-state index contributed by atoms with van der Waals surface area (Å²) in [5.41, 5.74) is 0. The smallest absolute Gasteiger partial charge is 0.248 e. The number of nitrogens with zero attached hydrogens (tertiary/aromatic N) is 1. The molecule has 0 aliphatic rings. The first kappa shape index (κ1) is 13.7. The summed E-state index contributed by atoms with van der Waals surface area (Å²) in [6.45, 7) is 7.37. The van der Waals surface area contributed by atoms with Crippen molar-refractivity contribution in [1.82, 2.24) is 4.90 Å². The predicted molar refractivity (Wildman–Crippen MR) is 58.7 cm³/mol. The Labute approximate surface area is 91.4 Å². The fourth-order valence-corrected chi connectivity index (χ4v) is 1.33. The topological polar surface area (TPSA) is 29.5 Å². The summed E-state index contributed by atoms with van der Waals surface area (Å²) in [6.07, 6.45) is 0.935. The van der Waals surface area contributed by atoms with E-state index in [1.54, 1.807) is 4.90 Å². The molecular formula is C10H20ClNO2. The number of rotatable bonds is 7. The quantitative estimate of drug-likeness (QED) is 0.486. The molecule has 1 amide bonds. The number of halogens is 1. The van der Waals surface area contributed by atoms with Gasteiger partial charge < -0.3 is 9.64 Å². The van der Waals surface area contributed by atoms with Gasteiger partial charge in [-0.05, 0) is 20.3 Å². The lowest BCUT2D eigenvalue weighted by Gasteiger charge is -2.25. The zero-order valence-electron chi connectivity index (χ0n) is 9.25. The molecular weight excluding hydrogens is 202 g/mol. The van der Waals surface area contributed by atoms with Gasteiger partial charge in [-0.1, -0.05) is 6.92 Å². The lowest BCUT2D eigenvalue weighted by Crippen LogP contribution is -2.40. The summed E-state index contributed by atoms with van der Waals surface area (Å²) in [6, 6.07) is 0.187. The summed E-state index contributed by atoms with van der Waals surface area (Å²) in [5.74, 6) is 0.492. The Kier molecular flexibility index (Phi) is 7.90. The maximum Gasteiger partial charge on any atom is 0.248 e. The summed E-state index contributed by atoms with van der Waals surface area (Å²) < 4.78 is 5.19. The van der Waals surface area contributed by atoms with Crippen molar-refractivity contribution < 1.29 is 9.53 Å². The van der Waals surface area contributed by atoms with Crippen LogP contribution in [-0.2, 0) is 9.53 Å². The van der Waals surface area contributed by atoms with Crippen molar-refractivity contribution in [1.29, 1.82) is 0 Å². The molecule has 0 aliphatic heterocycles. The highest BCUT2D eigenvalue weighted by Gasteiger charge is 2.15. The van der Waals surface area contributed by atoms with E-state index in [2.05, 4.69) is 0 Å². The summed E-state index contributed by atoms with van der Waals surface area (Å²) in [7, 11) is 0. The van der Waals surface area contributed by atoms with E-state index < -0.39 is 0 Å². The Bertz CT molecular complexity index is 162. The Morgan fingerprint density at radius 1 is 1.50 bits per heavy atom. The highest BCUT2D eigenvalue weighted by molar-refractivity contribution is 6.18. The first-order chi connectivity index (χ1) is 6.63. The van der Waals surface area contributed by atoms with Crippen LogP contribution in [0.3, 0.4) is 0 Å². The first-order valence-corrected chi connectivity index (χ1v) is 5.60.